The molecule has 2 amide bonds. The van der Waals surface area contributed by atoms with Gasteiger partial charge < -0.3 is 15.4 Å². The van der Waals surface area contributed by atoms with Crippen LogP contribution in [0.2, 0.25) is 0 Å². The van der Waals surface area contributed by atoms with Crippen molar-refractivity contribution in [2.24, 2.45) is 0 Å². The molecule has 4 rings (SSSR count). The molecule has 1 heterocycles. The Morgan fingerprint density at radius 1 is 0.939 bits per heavy atom. The summed E-state index contributed by atoms with van der Waals surface area (Å²) in [5, 5.41) is 13.6. The van der Waals surface area contributed by atoms with Gasteiger partial charge in [-0.05, 0) is 53.4 Å². The number of carbonyl (C=O) groups is 2. The predicted octanol–water partition coefficient (Wildman–Crippen LogP) is 5.37. The fourth-order valence-electron chi connectivity index (χ4n) is 3.54. The molecule has 7 nitrogen and oxygen atoms in total. The van der Waals surface area contributed by atoms with Crippen LogP contribution in [-0.2, 0) is 5.41 Å². The lowest BCUT2D eigenvalue weighted by Crippen LogP contribution is -2.19. The lowest BCUT2D eigenvalue weighted by molar-refractivity contribution is 0.102. The van der Waals surface area contributed by atoms with E-state index in [0.29, 0.717) is 28.3 Å². The number of ether oxygens (including phenoxy) is 1. The number of hydrogen-bond donors (Lipinski definition) is 3. The minimum atomic E-state index is -0.369. The first-order chi connectivity index (χ1) is 15.8. The van der Waals surface area contributed by atoms with Crippen molar-refractivity contribution < 1.29 is 14.3 Å². The van der Waals surface area contributed by atoms with Crippen molar-refractivity contribution in [1.29, 1.82) is 0 Å². The summed E-state index contributed by atoms with van der Waals surface area (Å²) in [5.41, 5.74) is 3.63. The van der Waals surface area contributed by atoms with Gasteiger partial charge in [0.15, 0.2) is 0 Å². The molecule has 0 aliphatic carbocycles. The highest BCUT2D eigenvalue weighted by molar-refractivity contribution is 6.13. The maximum Gasteiger partial charge on any atom is 0.257 e. The Balaban J connectivity index is 1.60. The Morgan fingerprint density at radius 3 is 2.39 bits per heavy atom. The minimum Gasteiger partial charge on any atom is -0.495 e. The molecule has 0 bridgehead atoms. The summed E-state index contributed by atoms with van der Waals surface area (Å²) >= 11 is 0. The van der Waals surface area contributed by atoms with Crippen molar-refractivity contribution in [2.45, 2.75) is 26.2 Å². The van der Waals surface area contributed by atoms with Crippen molar-refractivity contribution in [1.82, 2.24) is 10.2 Å². The molecule has 7 heteroatoms. The van der Waals surface area contributed by atoms with Gasteiger partial charge in [0.05, 0.1) is 30.1 Å². The highest BCUT2D eigenvalue weighted by Crippen LogP contribution is 2.30. The molecule has 3 N–H and O–H groups in total. The van der Waals surface area contributed by atoms with Crippen LogP contribution in [-0.4, -0.2) is 29.1 Å². The second kappa shape index (κ2) is 8.78. The average molecular weight is 443 g/mol. The van der Waals surface area contributed by atoms with E-state index < -0.39 is 0 Å². The molecule has 0 saturated heterocycles. The number of aromatic nitrogens is 2. The Labute approximate surface area is 192 Å². The van der Waals surface area contributed by atoms with Gasteiger partial charge in [-0.2, -0.15) is 5.10 Å². The summed E-state index contributed by atoms with van der Waals surface area (Å²) in [6.45, 7) is 6.35. The number of H-pyrrole nitrogens is 1. The van der Waals surface area contributed by atoms with E-state index in [1.54, 1.807) is 48.7 Å². The summed E-state index contributed by atoms with van der Waals surface area (Å²) in [7, 11) is 1.50. The van der Waals surface area contributed by atoms with Gasteiger partial charge in [0.25, 0.3) is 11.8 Å². The van der Waals surface area contributed by atoms with Gasteiger partial charge in [0.1, 0.15) is 5.75 Å². The molecule has 0 spiro atoms. The quantitative estimate of drug-likeness (QED) is 0.387. The number of methoxy groups -OCH3 is 1. The summed E-state index contributed by atoms with van der Waals surface area (Å²) in [6.07, 6.45) is 1.71. The molecule has 0 aliphatic rings. The third-order valence-corrected chi connectivity index (χ3v) is 5.44. The van der Waals surface area contributed by atoms with Gasteiger partial charge in [-0.3, -0.25) is 14.7 Å². The Kier molecular flexibility index (Phi) is 5.87. The van der Waals surface area contributed by atoms with Crippen LogP contribution in [0, 0.1) is 0 Å². The van der Waals surface area contributed by atoms with E-state index in [9.17, 15) is 9.59 Å². The van der Waals surface area contributed by atoms with E-state index in [2.05, 4.69) is 41.6 Å². The monoisotopic (exact) mass is 442 g/mol. The van der Waals surface area contributed by atoms with E-state index in [-0.39, 0.29) is 17.2 Å². The topological polar surface area (TPSA) is 96.1 Å². The molecule has 0 saturated carbocycles. The molecule has 3 aromatic carbocycles. The summed E-state index contributed by atoms with van der Waals surface area (Å²) in [6, 6.07) is 18.0. The third-order valence-electron chi connectivity index (χ3n) is 5.44. The van der Waals surface area contributed by atoms with E-state index in [4.69, 9.17) is 4.74 Å². The van der Waals surface area contributed by atoms with E-state index in [1.165, 1.54) is 7.11 Å². The molecule has 0 radical (unpaired) electrons. The van der Waals surface area contributed by atoms with Crippen molar-refractivity contribution in [3.63, 3.8) is 0 Å². The van der Waals surface area contributed by atoms with Crippen molar-refractivity contribution in [2.75, 3.05) is 17.7 Å². The predicted molar refractivity (Wildman–Crippen MR) is 130 cm³/mol. The normalized spacial score (nSPS) is 11.3. The van der Waals surface area contributed by atoms with Crippen LogP contribution >= 0.6 is 0 Å². The van der Waals surface area contributed by atoms with Gasteiger partial charge in [0.2, 0.25) is 0 Å². The first kappa shape index (κ1) is 22.1. The SMILES string of the molecule is COc1cccc(C(=O)Nc2ccc3cn[nH]c3c2)c1NC(=O)c1ccc(C(C)(C)C)cc1. The van der Waals surface area contributed by atoms with Crippen LogP contribution < -0.4 is 15.4 Å². The van der Waals surface area contributed by atoms with Gasteiger partial charge in [0, 0.05) is 16.6 Å². The number of nitrogens with one attached hydrogen (secondary N) is 3. The molecule has 4 aromatic rings. The number of nitrogens with zero attached hydrogens (tertiary/aromatic N) is 1. The largest absolute Gasteiger partial charge is 0.495 e. The number of fused-ring (bicyclic) bond motifs is 1. The highest BCUT2D eigenvalue weighted by Gasteiger charge is 2.20. The fourth-order valence-corrected chi connectivity index (χ4v) is 3.54. The molecule has 0 unspecified atom stereocenters. The molecule has 1 aromatic heterocycles. The number of benzene rings is 3. The first-order valence-electron chi connectivity index (χ1n) is 10.6. The number of hydrogen-bond acceptors (Lipinski definition) is 4. The van der Waals surface area contributed by atoms with Gasteiger partial charge in [-0.25, -0.2) is 0 Å². The molecule has 168 valence electrons. The zero-order chi connectivity index (χ0) is 23.6. The molecular formula is C26H26N4O3. The summed E-state index contributed by atoms with van der Waals surface area (Å²) in [5.74, 6) is -0.301. The Morgan fingerprint density at radius 2 is 1.70 bits per heavy atom. The van der Waals surface area contributed by atoms with E-state index in [0.717, 1.165) is 16.5 Å². The number of anilines is 2. The second-order valence-electron chi connectivity index (χ2n) is 8.79. The number of carbonyl (C=O) groups excluding carboxylic acids is 2. The zero-order valence-corrected chi connectivity index (χ0v) is 19.0. The minimum absolute atomic E-state index is 0.0118. The van der Waals surface area contributed by atoms with Crippen molar-refractivity contribution in [3.8, 4) is 5.75 Å². The van der Waals surface area contributed by atoms with Crippen LogP contribution in [0.3, 0.4) is 0 Å². The second-order valence-corrected chi connectivity index (χ2v) is 8.79. The van der Waals surface area contributed by atoms with Crippen molar-refractivity contribution >= 4 is 34.1 Å². The first-order valence-corrected chi connectivity index (χ1v) is 10.6. The number of rotatable bonds is 5. The lowest BCUT2D eigenvalue weighted by Gasteiger charge is -2.19. The summed E-state index contributed by atoms with van der Waals surface area (Å²) < 4.78 is 5.43. The molecular weight excluding hydrogens is 416 g/mol. The smallest absolute Gasteiger partial charge is 0.257 e. The van der Waals surface area contributed by atoms with E-state index >= 15 is 0 Å². The van der Waals surface area contributed by atoms with Crippen LogP contribution in [0.25, 0.3) is 10.9 Å². The van der Waals surface area contributed by atoms with Gasteiger partial charge in [-0.1, -0.05) is 39.0 Å². The fraction of sp³-hybridized carbons (Fsp3) is 0.192. The average Bonchev–Trinajstić information content (AvgIpc) is 3.26. The van der Waals surface area contributed by atoms with Gasteiger partial charge in [-0.15, -0.1) is 0 Å². The molecule has 33 heavy (non-hydrogen) atoms. The van der Waals surface area contributed by atoms with E-state index in [1.807, 2.05) is 18.2 Å². The Hall–Kier alpha value is -4.13. The highest BCUT2D eigenvalue weighted by atomic mass is 16.5. The maximum absolute atomic E-state index is 13.1. The third kappa shape index (κ3) is 4.72. The molecule has 0 atom stereocenters. The summed E-state index contributed by atoms with van der Waals surface area (Å²) in [4.78, 5) is 26.1. The maximum atomic E-state index is 13.1. The van der Waals surface area contributed by atoms with Crippen LogP contribution in [0.4, 0.5) is 11.4 Å². The lowest BCUT2D eigenvalue weighted by atomic mass is 9.86. The number of para-hydroxylation sites is 1. The van der Waals surface area contributed by atoms with Crippen LogP contribution in [0.1, 0.15) is 47.1 Å². The number of amides is 2. The molecule has 0 aliphatic heterocycles. The molecule has 0 fully saturated rings. The standard InChI is InChI=1S/C26H26N4O3/c1-26(2,3)18-11-8-16(9-12-18)24(31)29-23-20(6-5-7-22(23)33-4)25(32)28-19-13-10-17-15-27-30-21(17)14-19/h5-15H,1-4H3,(H,27,30)(H,28,32)(H,29,31). The zero-order valence-electron chi connectivity index (χ0n) is 19.0. The number of aromatic amines is 1. The Bertz CT molecular complexity index is 1320. The van der Waals surface area contributed by atoms with Crippen LogP contribution in [0.15, 0.2) is 66.9 Å². The van der Waals surface area contributed by atoms with Crippen molar-refractivity contribution in [3.05, 3.63) is 83.6 Å². The van der Waals surface area contributed by atoms with Gasteiger partial charge >= 0.3 is 0 Å². The van der Waals surface area contributed by atoms with Crippen LogP contribution in [0.5, 0.6) is 5.75 Å².